The van der Waals surface area contributed by atoms with E-state index in [9.17, 15) is 4.79 Å². The molecule has 1 N–H and O–H groups in total. The van der Waals surface area contributed by atoms with Gasteiger partial charge in [0, 0.05) is 5.56 Å². The number of fused-ring (bicyclic) bond motifs is 1. The summed E-state index contributed by atoms with van der Waals surface area (Å²) in [6.45, 7) is 5.63. The summed E-state index contributed by atoms with van der Waals surface area (Å²) in [5.41, 5.74) is 2.39. The highest BCUT2D eigenvalue weighted by Gasteiger charge is 2.21. The van der Waals surface area contributed by atoms with E-state index in [0.717, 1.165) is 16.8 Å². The lowest BCUT2D eigenvalue weighted by Crippen LogP contribution is -2.25. The van der Waals surface area contributed by atoms with E-state index < -0.39 is 0 Å². The number of aryl methyl sites for hydroxylation is 2. The Labute approximate surface area is 123 Å². The predicted octanol–water partition coefficient (Wildman–Crippen LogP) is 3.33. The lowest BCUT2D eigenvalue weighted by Gasteiger charge is -2.15. The molecule has 0 saturated heterocycles. The average molecular weight is 307 g/mol. The highest BCUT2D eigenvalue weighted by molar-refractivity contribution is 7.71. The fourth-order valence-electron chi connectivity index (χ4n) is 2.52. The van der Waals surface area contributed by atoms with Crippen LogP contribution in [0.15, 0.2) is 20.8 Å². The maximum Gasteiger partial charge on any atom is 0.272 e. The van der Waals surface area contributed by atoms with Crippen LogP contribution in [0.3, 0.4) is 0 Å². The number of aromatic amines is 1. The quantitative estimate of drug-likeness (QED) is 0.738. The van der Waals surface area contributed by atoms with Crippen LogP contribution in [-0.2, 0) is 0 Å². The van der Waals surface area contributed by atoms with Gasteiger partial charge < -0.3 is 9.51 Å². The van der Waals surface area contributed by atoms with Crippen LogP contribution in [0.4, 0.5) is 0 Å². The van der Waals surface area contributed by atoms with Crippen LogP contribution < -0.4 is 5.56 Å². The molecule has 5 nitrogen and oxygen atoms in total. The first-order chi connectivity index (χ1) is 9.50. The molecule has 20 heavy (non-hydrogen) atoms. The van der Waals surface area contributed by atoms with E-state index >= 15 is 0 Å². The van der Waals surface area contributed by atoms with E-state index in [1.165, 1.54) is 11.3 Å². The lowest BCUT2D eigenvalue weighted by molar-refractivity contribution is 0.390. The lowest BCUT2D eigenvalue weighted by atomic mass is 10.1. The molecule has 0 spiro atoms. The SMILES string of the molecule is Cc1noc(C)c1C(C)n1c(=S)[nH]c2ccsc2c1=O. The summed E-state index contributed by atoms with van der Waals surface area (Å²) in [6.07, 6.45) is 0. The molecule has 0 aliphatic rings. The van der Waals surface area contributed by atoms with Crippen molar-refractivity contribution in [2.24, 2.45) is 0 Å². The fraction of sp³-hybridized carbons (Fsp3) is 0.308. The number of thiophene rings is 1. The molecule has 3 aromatic rings. The van der Waals surface area contributed by atoms with Gasteiger partial charge in [0.2, 0.25) is 0 Å². The summed E-state index contributed by atoms with van der Waals surface area (Å²) >= 11 is 6.74. The van der Waals surface area contributed by atoms with Crippen LogP contribution in [0.1, 0.15) is 30.0 Å². The Morgan fingerprint density at radius 1 is 1.50 bits per heavy atom. The number of H-pyrrole nitrogens is 1. The van der Waals surface area contributed by atoms with Gasteiger partial charge in [0.25, 0.3) is 5.56 Å². The summed E-state index contributed by atoms with van der Waals surface area (Å²) in [6, 6.07) is 1.64. The van der Waals surface area contributed by atoms with Crippen molar-refractivity contribution in [3.8, 4) is 0 Å². The molecule has 104 valence electrons. The van der Waals surface area contributed by atoms with Crippen molar-refractivity contribution in [3.05, 3.63) is 43.6 Å². The summed E-state index contributed by atoms with van der Waals surface area (Å²) in [7, 11) is 0. The van der Waals surface area contributed by atoms with Crippen molar-refractivity contribution < 1.29 is 4.52 Å². The number of nitrogens with zero attached hydrogens (tertiary/aromatic N) is 2. The molecule has 3 heterocycles. The van der Waals surface area contributed by atoms with E-state index in [1.54, 1.807) is 4.57 Å². The Kier molecular flexibility index (Phi) is 3.10. The standard InChI is InChI=1S/C13H13N3O2S2/c1-6-10(8(3)18-15-6)7(2)16-12(17)11-9(4-5-20-11)14-13(16)19/h4-5,7H,1-3H3,(H,14,19). The van der Waals surface area contributed by atoms with Crippen molar-refractivity contribution >= 4 is 33.8 Å². The van der Waals surface area contributed by atoms with Crippen molar-refractivity contribution in [3.63, 3.8) is 0 Å². The average Bonchev–Trinajstić information content (AvgIpc) is 2.96. The van der Waals surface area contributed by atoms with Crippen LogP contribution >= 0.6 is 23.6 Å². The van der Waals surface area contributed by atoms with Crippen LogP contribution in [0, 0.1) is 18.6 Å². The largest absolute Gasteiger partial charge is 0.361 e. The van der Waals surface area contributed by atoms with E-state index in [-0.39, 0.29) is 11.6 Å². The number of hydrogen-bond donors (Lipinski definition) is 1. The van der Waals surface area contributed by atoms with Gasteiger partial charge in [0.1, 0.15) is 10.5 Å². The van der Waals surface area contributed by atoms with Gasteiger partial charge in [-0.2, -0.15) is 0 Å². The Morgan fingerprint density at radius 2 is 2.25 bits per heavy atom. The molecule has 7 heteroatoms. The van der Waals surface area contributed by atoms with E-state index in [2.05, 4.69) is 10.1 Å². The molecule has 0 saturated carbocycles. The number of nitrogens with one attached hydrogen (secondary N) is 1. The first-order valence-electron chi connectivity index (χ1n) is 6.15. The molecule has 0 aliphatic heterocycles. The summed E-state index contributed by atoms with van der Waals surface area (Å²) in [4.78, 5) is 15.7. The van der Waals surface area contributed by atoms with Gasteiger partial charge in [0.15, 0.2) is 4.77 Å². The van der Waals surface area contributed by atoms with E-state index in [0.29, 0.717) is 15.2 Å². The summed E-state index contributed by atoms with van der Waals surface area (Å²) in [5, 5.41) is 5.82. The third kappa shape index (κ3) is 1.85. The third-order valence-corrected chi connectivity index (χ3v) is 4.63. The molecule has 0 radical (unpaired) electrons. The van der Waals surface area contributed by atoms with Crippen LogP contribution in [0.2, 0.25) is 0 Å². The molecular weight excluding hydrogens is 294 g/mol. The zero-order valence-electron chi connectivity index (χ0n) is 11.3. The molecule has 0 aromatic carbocycles. The molecule has 0 aliphatic carbocycles. The minimum atomic E-state index is -0.219. The highest BCUT2D eigenvalue weighted by Crippen LogP contribution is 2.25. The van der Waals surface area contributed by atoms with Gasteiger partial charge in [0.05, 0.1) is 17.3 Å². The number of aromatic nitrogens is 3. The molecule has 3 aromatic heterocycles. The number of hydrogen-bond acceptors (Lipinski definition) is 5. The summed E-state index contributed by atoms with van der Waals surface area (Å²) < 4.78 is 7.86. The fourth-order valence-corrected chi connectivity index (χ4v) is 3.65. The van der Waals surface area contributed by atoms with Gasteiger partial charge in [-0.3, -0.25) is 9.36 Å². The molecule has 0 fully saturated rings. The van der Waals surface area contributed by atoms with E-state index in [1.807, 2.05) is 32.2 Å². The Hall–Kier alpha value is -1.73. The van der Waals surface area contributed by atoms with E-state index in [4.69, 9.17) is 16.7 Å². The van der Waals surface area contributed by atoms with Gasteiger partial charge in [-0.05, 0) is 44.4 Å². The molecule has 1 atom stereocenters. The van der Waals surface area contributed by atoms with Crippen molar-refractivity contribution in [2.45, 2.75) is 26.8 Å². The normalized spacial score (nSPS) is 12.9. The molecule has 0 amide bonds. The van der Waals surface area contributed by atoms with Gasteiger partial charge >= 0.3 is 0 Å². The van der Waals surface area contributed by atoms with Crippen molar-refractivity contribution in [1.29, 1.82) is 0 Å². The first-order valence-corrected chi connectivity index (χ1v) is 7.44. The highest BCUT2D eigenvalue weighted by atomic mass is 32.1. The second-order valence-corrected chi connectivity index (χ2v) is 5.99. The van der Waals surface area contributed by atoms with Crippen LogP contribution in [0.5, 0.6) is 0 Å². The monoisotopic (exact) mass is 307 g/mol. The van der Waals surface area contributed by atoms with Gasteiger partial charge in [-0.25, -0.2) is 0 Å². The first kappa shape index (κ1) is 13.3. The second kappa shape index (κ2) is 4.68. The number of rotatable bonds is 2. The minimum Gasteiger partial charge on any atom is -0.361 e. The van der Waals surface area contributed by atoms with Crippen LogP contribution in [-0.4, -0.2) is 14.7 Å². The zero-order chi connectivity index (χ0) is 14.4. The zero-order valence-corrected chi connectivity index (χ0v) is 12.9. The smallest absolute Gasteiger partial charge is 0.272 e. The minimum absolute atomic E-state index is 0.0775. The molecular formula is C13H13N3O2S2. The van der Waals surface area contributed by atoms with Gasteiger partial charge in [-0.15, -0.1) is 11.3 Å². The van der Waals surface area contributed by atoms with Crippen molar-refractivity contribution in [2.75, 3.05) is 0 Å². The predicted molar refractivity (Wildman–Crippen MR) is 81.1 cm³/mol. The molecule has 1 unspecified atom stereocenters. The van der Waals surface area contributed by atoms with Crippen molar-refractivity contribution in [1.82, 2.24) is 14.7 Å². The maximum atomic E-state index is 12.6. The Balaban J connectivity index is 2.29. The second-order valence-electron chi connectivity index (χ2n) is 4.68. The Bertz CT molecular complexity index is 881. The third-order valence-electron chi connectivity index (χ3n) is 3.43. The molecule has 0 bridgehead atoms. The topological polar surface area (TPSA) is 63.8 Å². The Morgan fingerprint density at radius 3 is 2.90 bits per heavy atom. The van der Waals surface area contributed by atoms with Gasteiger partial charge in [-0.1, -0.05) is 5.16 Å². The summed E-state index contributed by atoms with van der Waals surface area (Å²) in [5.74, 6) is 0.711. The maximum absolute atomic E-state index is 12.6. The molecule has 3 rings (SSSR count). The van der Waals surface area contributed by atoms with Crippen LogP contribution in [0.25, 0.3) is 10.2 Å².